The Morgan fingerprint density at radius 3 is 2.65 bits per heavy atom. The van der Waals surface area contributed by atoms with Crippen molar-refractivity contribution in [1.82, 2.24) is 5.32 Å². The number of ether oxygens (including phenoxy) is 2. The van der Waals surface area contributed by atoms with Crippen molar-refractivity contribution < 1.29 is 14.3 Å². The highest BCUT2D eigenvalue weighted by Gasteiger charge is 2.06. The molecule has 0 saturated heterocycles. The molecule has 6 heteroatoms. The predicted molar refractivity (Wildman–Crippen MR) is 104 cm³/mol. The van der Waals surface area contributed by atoms with E-state index in [-0.39, 0.29) is 5.91 Å². The smallest absolute Gasteiger partial charge is 0.230 e. The summed E-state index contributed by atoms with van der Waals surface area (Å²) in [5, 5.41) is 11.8. The topological polar surface area (TPSA) is 71.3 Å². The summed E-state index contributed by atoms with van der Waals surface area (Å²) in [6.45, 7) is 0.568. The highest BCUT2D eigenvalue weighted by molar-refractivity contribution is 7.99. The maximum absolute atomic E-state index is 11.9. The van der Waals surface area contributed by atoms with E-state index in [0.717, 1.165) is 17.5 Å². The first-order valence-corrected chi connectivity index (χ1v) is 9.36. The van der Waals surface area contributed by atoms with Gasteiger partial charge in [-0.3, -0.25) is 4.79 Å². The summed E-state index contributed by atoms with van der Waals surface area (Å²) in [6, 6.07) is 15.3. The molecule has 2 aromatic carbocycles. The van der Waals surface area contributed by atoms with Crippen molar-refractivity contribution in [2.75, 3.05) is 26.5 Å². The van der Waals surface area contributed by atoms with Crippen LogP contribution < -0.4 is 14.8 Å². The highest BCUT2D eigenvalue weighted by atomic mass is 32.2. The van der Waals surface area contributed by atoms with Gasteiger partial charge in [0, 0.05) is 12.3 Å². The number of nitriles is 1. The second-order valence-corrected chi connectivity index (χ2v) is 6.58. The fraction of sp³-hybridized carbons (Fsp3) is 0.300. The molecular formula is C20H22N2O3S. The molecule has 26 heavy (non-hydrogen) atoms. The Hall–Kier alpha value is -2.65. The average Bonchev–Trinajstić information content (AvgIpc) is 2.68. The summed E-state index contributed by atoms with van der Waals surface area (Å²) in [6.07, 6.45) is 0.723. The van der Waals surface area contributed by atoms with Crippen molar-refractivity contribution in [3.8, 4) is 17.6 Å². The van der Waals surface area contributed by atoms with Gasteiger partial charge in [0.2, 0.25) is 5.91 Å². The molecular weight excluding hydrogens is 348 g/mol. The van der Waals surface area contributed by atoms with E-state index in [1.807, 2.05) is 36.4 Å². The summed E-state index contributed by atoms with van der Waals surface area (Å²) >= 11 is 1.53. The first kappa shape index (κ1) is 19.7. The monoisotopic (exact) mass is 370 g/mol. The quantitative estimate of drug-likeness (QED) is 0.734. The number of nitrogens with one attached hydrogen (secondary N) is 1. The van der Waals surface area contributed by atoms with Crippen molar-refractivity contribution >= 4 is 17.7 Å². The van der Waals surface area contributed by atoms with Gasteiger partial charge >= 0.3 is 0 Å². The second kappa shape index (κ2) is 10.4. The summed E-state index contributed by atoms with van der Waals surface area (Å²) in [5.74, 6) is 2.48. The Labute approximate surface area is 158 Å². The summed E-state index contributed by atoms with van der Waals surface area (Å²) in [5.41, 5.74) is 2.76. The van der Waals surface area contributed by atoms with E-state index < -0.39 is 0 Å². The van der Waals surface area contributed by atoms with Gasteiger partial charge in [-0.15, -0.1) is 11.8 Å². The first-order valence-electron chi connectivity index (χ1n) is 8.20. The van der Waals surface area contributed by atoms with Crippen LogP contribution in [0.15, 0.2) is 42.5 Å². The van der Waals surface area contributed by atoms with Gasteiger partial charge in [0.05, 0.1) is 31.6 Å². The number of thioether (sulfide) groups is 1. The fourth-order valence-corrected chi connectivity index (χ4v) is 3.23. The number of rotatable bonds is 9. The van der Waals surface area contributed by atoms with Crippen molar-refractivity contribution in [2.24, 2.45) is 0 Å². The number of benzene rings is 2. The fourth-order valence-electron chi connectivity index (χ4n) is 2.43. The third-order valence-electron chi connectivity index (χ3n) is 3.74. The van der Waals surface area contributed by atoms with Crippen LogP contribution in [0.2, 0.25) is 0 Å². The molecule has 0 fully saturated rings. The lowest BCUT2D eigenvalue weighted by atomic mass is 10.1. The van der Waals surface area contributed by atoms with Crippen molar-refractivity contribution in [2.45, 2.75) is 12.2 Å². The van der Waals surface area contributed by atoms with E-state index in [1.54, 1.807) is 20.3 Å². The van der Waals surface area contributed by atoms with Crippen LogP contribution in [0.1, 0.15) is 16.7 Å². The number of hydrogen-bond acceptors (Lipinski definition) is 5. The number of hydrogen-bond donors (Lipinski definition) is 1. The molecule has 136 valence electrons. The zero-order valence-electron chi connectivity index (χ0n) is 15.0. The molecule has 2 rings (SSSR count). The van der Waals surface area contributed by atoms with E-state index in [4.69, 9.17) is 14.7 Å². The number of amides is 1. The van der Waals surface area contributed by atoms with Crippen LogP contribution >= 0.6 is 11.8 Å². The molecule has 0 bridgehead atoms. The summed E-state index contributed by atoms with van der Waals surface area (Å²) in [4.78, 5) is 11.9. The molecule has 0 aliphatic heterocycles. The van der Waals surface area contributed by atoms with Gasteiger partial charge in [-0.2, -0.15) is 5.26 Å². The normalized spacial score (nSPS) is 10.0. The van der Waals surface area contributed by atoms with Gasteiger partial charge in [0.25, 0.3) is 0 Å². The largest absolute Gasteiger partial charge is 0.493 e. The van der Waals surface area contributed by atoms with Crippen LogP contribution in [0, 0.1) is 11.3 Å². The third-order valence-corrected chi connectivity index (χ3v) is 4.75. The van der Waals surface area contributed by atoms with Crippen molar-refractivity contribution in [3.05, 3.63) is 59.2 Å². The van der Waals surface area contributed by atoms with Gasteiger partial charge in [0.15, 0.2) is 11.5 Å². The average molecular weight is 370 g/mol. The minimum atomic E-state index is 0.00640. The minimum absolute atomic E-state index is 0.00640. The lowest BCUT2D eigenvalue weighted by molar-refractivity contribution is -0.118. The maximum Gasteiger partial charge on any atom is 0.230 e. The predicted octanol–water partition coefficient (Wildman–Crippen LogP) is 3.17. The molecule has 0 unspecified atom stereocenters. The molecule has 0 aromatic heterocycles. The summed E-state index contributed by atoms with van der Waals surface area (Å²) < 4.78 is 10.5. The van der Waals surface area contributed by atoms with Crippen LogP contribution in [-0.4, -0.2) is 32.4 Å². The van der Waals surface area contributed by atoms with Crippen LogP contribution in [-0.2, 0) is 17.0 Å². The molecule has 5 nitrogen and oxygen atoms in total. The highest BCUT2D eigenvalue weighted by Crippen LogP contribution is 2.27. The summed E-state index contributed by atoms with van der Waals surface area (Å²) in [7, 11) is 3.21. The van der Waals surface area contributed by atoms with Crippen LogP contribution in [0.3, 0.4) is 0 Å². The Bertz CT molecular complexity index is 787. The van der Waals surface area contributed by atoms with E-state index in [0.29, 0.717) is 35.1 Å². The molecule has 0 aliphatic carbocycles. The molecule has 0 radical (unpaired) electrons. The van der Waals surface area contributed by atoms with Gasteiger partial charge in [-0.1, -0.05) is 18.2 Å². The molecule has 0 spiro atoms. The van der Waals surface area contributed by atoms with Gasteiger partial charge < -0.3 is 14.8 Å². The molecule has 1 N–H and O–H groups in total. The van der Waals surface area contributed by atoms with E-state index in [9.17, 15) is 4.79 Å². The van der Waals surface area contributed by atoms with Gasteiger partial charge in [-0.05, 0) is 41.8 Å². The van der Waals surface area contributed by atoms with Crippen LogP contribution in [0.5, 0.6) is 11.5 Å². The zero-order valence-corrected chi connectivity index (χ0v) is 15.8. The second-order valence-electron chi connectivity index (χ2n) is 5.59. The third kappa shape index (κ3) is 6.01. The lowest BCUT2D eigenvalue weighted by Gasteiger charge is -2.10. The van der Waals surface area contributed by atoms with Gasteiger partial charge in [0.1, 0.15) is 0 Å². The molecule has 0 heterocycles. The SMILES string of the molecule is COc1ccc(CCNC(=O)CSCc2cccc(C#N)c2)cc1OC. The Morgan fingerprint density at radius 2 is 1.92 bits per heavy atom. The maximum atomic E-state index is 11.9. The standard InChI is InChI=1S/C20H22N2O3S/c1-24-18-7-6-15(11-19(18)25-2)8-9-22-20(23)14-26-13-17-5-3-4-16(10-17)12-21/h3-7,10-11H,8-9,13-14H2,1-2H3,(H,22,23). The van der Waals surface area contributed by atoms with E-state index in [1.165, 1.54) is 11.8 Å². The first-order chi connectivity index (χ1) is 12.7. The lowest BCUT2D eigenvalue weighted by Crippen LogP contribution is -2.27. The van der Waals surface area contributed by atoms with E-state index >= 15 is 0 Å². The number of methoxy groups -OCH3 is 2. The Kier molecular flexibility index (Phi) is 7.84. The molecule has 0 aliphatic rings. The number of carbonyl (C=O) groups is 1. The Morgan fingerprint density at radius 1 is 1.12 bits per heavy atom. The van der Waals surface area contributed by atoms with Gasteiger partial charge in [-0.25, -0.2) is 0 Å². The number of carbonyl (C=O) groups excluding carboxylic acids is 1. The van der Waals surface area contributed by atoms with Crippen LogP contribution in [0.4, 0.5) is 0 Å². The molecule has 2 aromatic rings. The molecule has 0 atom stereocenters. The van der Waals surface area contributed by atoms with E-state index in [2.05, 4.69) is 11.4 Å². The van der Waals surface area contributed by atoms with Crippen molar-refractivity contribution in [3.63, 3.8) is 0 Å². The molecule has 1 amide bonds. The molecule has 0 saturated carbocycles. The number of nitrogens with zero attached hydrogens (tertiary/aromatic N) is 1. The van der Waals surface area contributed by atoms with Crippen molar-refractivity contribution in [1.29, 1.82) is 5.26 Å². The van der Waals surface area contributed by atoms with Crippen LogP contribution in [0.25, 0.3) is 0 Å². The Balaban J connectivity index is 1.71. The minimum Gasteiger partial charge on any atom is -0.493 e. The zero-order chi connectivity index (χ0) is 18.8.